The summed E-state index contributed by atoms with van der Waals surface area (Å²) in [4.78, 5) is 52.7. The van der Waals surface area contributed by atoms with Gasteiger partial charge in [-0.1, -0.05) is 0 Å². The Morgan fingerprint density at radius 1 is 0.812 bits per heavy atom. The number of hydrogen-bond donors (Lipinski definition) is 11. The van der Waals surface area contributed by atoms with Crippen LogP contribution in [0.15, 0.2) is 0 Å². The molecule has 18 nitrogen and oxygen atoms in total. The number of aliphatic carboxylic acids is 5. The molecule has 0 aliphatic heterocycles. The van der Waals surface area contributed by atoms with Gasteiger partial charge in [0.05, 0.1) is 6.42 Å². The normalized spacial score (nSPS) is 12.1. The first-order valence-corrected chi connectivity index (χ1v) is 7.91. The highest BCUT2D eigenvalue weighted by molar-refractivity contribution is 5.90. The Hall–Kier alpha value is -4.19. The largest absolute Gasteiger partial charge is 0.481 e. The number of carboxylic acids is 5. The van der Waals surface area contributed by atoms with Crippen LogP contribution < -0.4 is 11.5 Å². The first-order chi connectivity index (χ1) is 14.3. The molecule has 0 rings (SSSR count). The van der Waals surface area contributed by atoms with Crippen LogP contribution in [-0.4, -0.2) is 126 Å². The summed E-state index contributed by atoms with van der Waals surface area (Å²) in [6.07, 6.45) is -4.11. The van der Waals surface area contributed by atoms with E-state index in [9.17, 15) is 24.0 Å². The molecule has 0 saturated heterocycles. The van der Waals surface area contributed by atoms with E-state index in [0.717, 1.165) is 9.80 Å². The van der Waals surface area contributed by atoms with E-state index >= 15 is 0 Å². The van der Waals surface area contributed by atoms with Crippen LogP contribution in [-0.2, 0) is 24.0 Å². The van der Waals surface area contributed by atoms with E-state index in [0.29, 0.717) is 0 Å². The number of likely N-dealkylation sites (N-methyl/N-ethyl adjacent to an activating group) is 2. The molecule has 0 amide bonds. The van der Waals surface area contributed by atoms with E-state index in [1.54, 1.807) is 0 Å². The molecule has 2 atom stereocenters. The van der Waals surface area contributed by atoms with Crippen molar-refractivity contribution < 1.29 is 59.7 Å². The smallest absolute Gasteiger partial charge is 0.339 e. The fourth-order valence-corrected chi connectivity index (χ4v) is 1.30. The number of rotatable bonds is 9. The van der Waals surface area contributed by atoms with Gasteiger partial charge in [-0.3, -0.25) is 25.2 Å². The lowest BCUT2D eigenvalue weighted by Gasteiger charge is -2.23. The molecular formula is C14H26N6O12. The highest BCUT2D eigenvalue weighted by atomic mass is 16.4. The average molecular weight is 470 g/mol. The van der Waals surface area contributed by atoms with Gasteiger partial charge in [0.1, 0.15) is 13.1 Å². The van der Waals surface area contributed by atoms with Crippen molar-refractivity contribution in [2.24, 2.45) is 11.5 Å². The van der Waals surface area contributed by atoms with Gasteiger partial charge in [0.25, 0.3) is 0 Å². The summed E-state index contributed by atoms with van der Waals surface area (Å²) in [5.74, 6) is -8.34. The number of nitrogens with one attached hydrogen (secondary N) is 2. The number of hydrogen-bond acceptors (Lipinski definition) is 9. The predicted molar refractivity (Wildman–Crippen MR) is 103 cm³/mol. The van der Waals surface area contributed by atoms with Crippen molar-refractivity contribution in [3.63, 3.8) is 0 Å². The summed E-state index contributed by atoms with van der Waals surface area (Å²) in [5.41, 5.74) is 6.64. The maximum atomic E-state index is 10.4. The topological polar surface area (TPSA) is 333 Å². The van der Waals surface area contributed by atoms with Gasteiger partial charge in [0.2, 0.25) is 5.60 Å². The van der Waals surface area contributed by atoms with Gasteiger partial charge in [0, 0.05) is 14.1 Å². The number of aliphatic hydroxyl groups is 2. The van der Waals surface area contributed by atoms with E-state index in [2.05, 4.69) is 0 Å². The summed E-state index contributed by atoms with van der Waals surface area (Å²) < 4.78 is 0. The molecule has 0 radical (unpaired) electrons. The van der Waals surface area contributed by atoms with Crippen LogP contribution in [0.5, 0.6) is 0 Å². The zero-order chi connectivity index (χ0) is 26.4. The summed E-state index contributed by atoms with van der Waals surface area (Å²) in [5, 5.41) is 72.4. The third-order valence-electron chi connectivity index (χ3n) is 3.04. The number of aliphatic hydroxyl groups excluding tert-OH is 1. The van der Waals surface area contributed by atoms with Crippen LogP contribution in [0.1, 0.15) is 6.42 Å². The van der Waals surface area contributed by atoms with Crippen molar-refractivity contribution in [3.05, 3.63) is 0 Å². The minimum absolute atomic E-state index is 0.227. The summed E-state index contributed by atoms with van der Waals surface area (Å²) in [6, 6.07) is 0. The van der Waals surface area contributed by atoms with E-state index in [4.69, 9.17) is 58.0 Å². The third kappa shape index (κ3) is 14.8. The fourth-order valence-electron chi connectivity index (χ4n) is 1.30. The lowest BCUT2D eigenvalue weighted by Crippen LogP contribution is -2.54. The highest BCUT2D eigenvalue weighted by Gasteiger charge is 2.49. The fraction of sp³-hybridized carbons (Fsp3) is 0.500. The Balaban J connectivity index is -0.000000411. The molecule has 2 unspecified atom stereocenters. The zero-order valence-corrected chi connectivity index (χ0v) is 16.9. The minimum atomic E-state index is -3.22. The summed E-state index contributed by atoms with van der Waals surface area (Å²) in [6.45, 7) is -0.454. The Kier molecular flexibility index (Phi) is 15.0. The molecule has 0 aromatic rings. The van der Waals surface area contributed by atoms with Crippen molar-refractivity contribution in [3.8, 4) is 0 Å². The van der Waals surface area contributed by atoms with Crippen LogP contribution in [0.4, 0.5) is 0 Å². The van der Waals surface area contributed by atoms with Crippen molar-refractivity contribution in [1.82, 2.24) is 9.80 Å². The monoisotopic (exact) mass is 470 g/mol. The Labute approximate surface area is 179 Å². The van der Waals surface area contributed by atoms with E-state index < -0.39 is 48.0 Å². The molecule has 32 heavy (non-hydrogen) atoms. The second kappa shape index (κ2) is 14.7. The maximum Gasteiger partial charge on any atom is 0.339 e. The Bertz CT molecular complexity index is 697. The van der Waals surface area contributed by atoms with Gasteiger partial charge in [-0.15, -0.1) is 0 Å². The molecule has 0 heterocycles. The molecule has 0 fully saturated rings. The molecule has 13 N–H and O–H groups in total. The third-order valence-corrected chi connectivity index (χ3v) is 3.04. The van der Waals surface area contributed by atoms with Crippen LogP contribution in [0, 0.1) is 10.8 Å². The molecule has 0 aliphatic carbocycles. The molecule has 0 bridgehead atoms. The van der Waals surface area contributed by atoms with Gasteiger partial charge in [-0.25, -0.2) is 9.59 Å². The molecule has 0 aromatic carbocycles. The Morgan fingerprint density at radius 2 is 1.12 bits per heavy atom. The molecular weight excluding hydrogens is 444 g/mol. The first-order valence-electron chi connectivity index (χ1n) is 7.91. The summed E-state index contributed by atoms with van der Waals surface area (Å²) in [7, 11) is 2.88. The number of carbonyl (C=O) groups is 5. The summed E-state index contributed by atoms with van der Waals surface area (Å²) >= 11 is 0. The first kappa shape index (κ1) is 32.5. The van der Waals surface area contributed by atoms with Crippen molar-refractivity contribution >= 4 is 41.8 Å². The standard InChI is InChI=1S/C6H8O8.2C4H9N3O2/c7-2(8)1-6(14,5(12)13)3(9)4(10)11;2*1-7(4(5)6)2-3(8)9/h3,9,14H,1H2,(H,7,8)(H,10,11)(H,12,13);2*2H2,1H3,(H3,5,6)(H,8,9). The van der Waals surface area contributed by atoms with Gasteiger partial charge in [-0.2, -0.15) is 0 Å². The van der Waals surface area contributed by atoms with Crippen LogP contribution in [0.25, 0.3) is 0 Å². The number of nitrogens with two attached hydrogens (primary N) is 2. The van der Waals surface area contributed by atoms with Crippen LogP contribution in [0.2, 0.25) is 0 Å². The zero-order valence-electron chi connectivity index (χ0n) is 16.9. The van der Waals surface area contributed by atoms with Crippen LogP contribution in [0.3, 0.4) is 0 Å². The number of nitrogens with zero attached hydrogens (tertiary/aromatic N) is 2. The van der Waals surface area contributed by atoms with E-state index in [-0.39, 0.29) is 25.0 Å². The van der Waals surface area contributed by atoms with Gasteiger partial charge < -0.3 is 57.0 Å². The lowest BCUT2D eigenvalue weighted by molar-refractivity contribution is -0.187. The van der Waals surface area contributed by atoms with Crippen molar-refractivity contribution in [2.45, 2.75) is 18.1 Å². The molecule has 0 aliphatic rings. The van der Waals surface area contributed by atoms with E-state index in [1.807, 2.05) is 0 Å². The second-order valence-corrected chi connectivity index (χ2v) is 5.81. The van der Waals surface area contributed by atoms with Gasteiger partial charge >= 0.3 is 29.8 Å². The average Bonchev–Trinajstić information content (AvgIpc) is 2.59. The second-order valence-electron chi connectivity index (χ2n) is 5.81. The molecule has 0 saturated carbocycles. The number of carboxylic acid groups (broad SMARTS) is 5. The van der Waals surface area contributed by atoms with Crippen molar-refractivity contribution in [1.29, 1.82) is 10.8 Å². The highest BCUT2D eigenvalue weighted by Crippen LogP contribution is 2.16. The molecule has 184 valence electrons. The van der Waals surface area contributed by atoms with E-state index in [1.165, 1.54) is 14.1 Å². The Morgan fingerprint density at radius 3 is 1.25 bits per heavy atom. The quantitative estimate of drug-likeness (QED) is 0.112. The molecule has 0 spiro atoms. The van der Waals surface area contributed by atoms with Crippen LogP contribution >= 0.6 is 0 Å². The minimum Gasteiger partial charge on any atom is -0.481 e. The molecule has 0 aromatic heterocycles. The maximum absolute atomic E-state index is 10.4. The van der Waals surface area contributed by atoms with Gasteiger partial charge in [0.15, 0.2) is 18.0 Å². The number of guanidine groups is 2. The predicted octanol–water partition coefficient (Wildman–Crippen LogP) is -4.49. The van der Waals surface area contributed by atoms with Gasteiger partial charge in [-0.05, 0) is 0 Å². The van der Waals surface area contributed by atoms with Crippen molar-refractivity contribution in [2.75, 3.05) is 27.2 Å². The lowest BCUT2D eigenvalue weighted by atomic mass is 9.93. The SMILES string of the molecule is CN(CC(=O)O)C(=N)N.CN(CC(=O)O)C(=N)N.O=C(O)CC(O)(C(=O)O)C(O)C(=O)O. The molecule has 18 heteroatoms.